The summed E-state index contributed by atoms with van der Waals surface area (Å²) in [7, 11) is 1.61. The van der Waals surface area contributed by atoms with E-state index in [2.05, 4.69) is 5.32 Å². The van der Waals surface area contributed by atoms with E-state index in [1.54, 1.807) is 13.2 Å². The van der Waals surface area contributed by atoms with Crippen LogP contribution in [-0.2, 0) is 17.9 Å². The Bertz CT molecular complexity index is 704. The molecule has 0 unspecified atom stereocenters. The third-order valence-corrected chi connectivity index (χ3v) is 3.35. The highest BCUT2D eigenvalue weighted by molar-refractivity contribution is 5.87. The Labute approximate surface area is 143 Å². The Morgan fingerprint density at radius 1 is 1.04 bits per heavy atom. The van der Waals surface area contributed by atoms with Gasteiger partial charge >= 0.3 is 0 Å². The van der Waals surface area contributed by atoms with E-state index in [0.29, 0.717) is 24.7 Å². The van der Waals surface area contributed by atoms with Crippen LogP contribution < -0.4 is 14.8 Å². The molecular formula is C20H23NO3. The third kappa shape index (κ3) is 5.47. The Hall–Kier alpha value is -2.75. The van der Waals surface area contributed by atoms with E-state index in [-0.39, 0.29) is 5.91 Å². The zero-order valence-electron chi connectivity index (χ0n) is 14.3. The number of amides is 1. The largest absolute Gasteiger partial charge is 0.493 e. The normalized spacial score (nSPS) is 9.96. The lowest BCUT2D eigenvalue weighted by atomic mass is 10.2. The van der Waals surface area contributed by atoms with Crippen LogP contribution in [0.15, 0.2) is 60.2 Å². The Balaban J connectivity index is 1.99. The molecule has 2 aromatic carbocycles. The van der Waals surface area contributed by atoms with E-state index >= 15 is 0 Å². The van der Waals surface area contributed by atoms with Crippen molar-refractivity contribution in [2.75, 3.05) is 7.11 Å². The quantitative estimate of drug-likeness (QED) is 0.787. The Morgan fingerprint density at radius 2 is 1.79 bits per heavy atom. The number of hydrogen-bond acceptors (Lipinski definition) is 3. The predicted octanol–water partition coefficient (Wildman–Crippen LogP) is 3.86. The van der Waals surface area contributed by atoms with Crippen LogP contribution in [0.25, 0.3) is 0 Å². The van der Waals surface area contributed by atoms with Gasteiger partial charge in [0, 0.05) is 12.6 Å². The zero-order chi connectivity index (χ0) is 17.4. The molecule has 0 spiro atoms. The van der Waals surface area contributed by atoms with Crippen molar-refractivity contribution in [1.29, 1.82) is 0 Å². The molecule has 0 saturated heterocycles. The minimum atomic E-state index is -0.0987. The van der Waals surface area contributed by atoms with Gasteiger partial charge < -0.3 is 14.8 Å². The standard InChI is InChI=1S/C20H23NO3/c1-15(2)11-20(22)21-13-17-9-10-18(19(12-17)23-3)24-14-16-7-5-4-6-8-16/h4-12H,13-14H2,1-3H3,(H,21,22). The van der Waals surface area contributed by atoms with Crippen molar-refractivity contribution >= 4 is 5.91 Å². The van der Waals surface area contributed by atoms with Crippen LogP contribution in [0.1, 0.15) is 25.0 Å². The van der Waals surface area contributed by atoms with E-state index in [9.17, 15) is 4.79 Å². The first-order chi connectivity index (χ1) is 11.6. The van der Waals surface area contributed by atoms with Gasteiger partial charge in [0.25, 0.3) is 0 Å². The van der Waals surface area contributed by atoms with Crippen molar-refractivity contribution in [1.82, 2.24) is 5.32 Å². The van der Waals surface area contributed by atoms with Crippen molar-refractivity contribution in [3.05, 3.63) is 71.3 Å². The van der Waals surface area contributed by atoms with Crippen molar-refractivity contribution < 1.29 is 14.3 Å². The van der Waals surface area contributed by atoms with E-state index in [1.807, 2.05) is 62.4 Å². The minimum Gasteiger partial charge on any atom is -0.493 e. The molecule has 1 N–H and O–H groups in total. The number of nitrogens with one attached hydrogen (secondary N) is 1. The molecule has 0 aliphatic heterocycles. The average Bonchev–Trinajstić information content (AvgIpc) is 2.58. The molecule has 0 bridgehead atoms. The lowest BCUT2D eigenvalue weighted by Crippen LogP contribution is -2.20. The first kappa shape index (κ1) is 17.6. The second kappa shape index (κ2) is 8.77. The van der Waals surface area contributed by atoms with Crippen LogP contribution >= 0.6 is 0 Å². The highest BCUT2D eigenvalue weighted by atomic mass is 16.5. The van der Waals surface area contributed by atoms with Gasteiger partial charge in [-0.3, -0.25) is 4.79 Å². The third-order valence-electron chi connectivity index (χ3n) is 3.35. The first-order valence-electron chi connectivity index (χ1n) is 7.85. The number of carbonyl (C=O) groups excluding carboxylic acids is 1. The van der Waals surface area contributed by atoms with Crippen LogP contribution in [0, 0.1) is 0 Å². The highest BCUT2D eigenvalue weighted by Gasteiger charge is 2.07. The molecule has 0 aromatic heterocycles. The smallest absolute Gasteiger partial charge is 0.244 e. The molecular weight excluding hydrogens is 302 g/mol. The fraction of sp³-hybridized carbons (Fsp3) is 0.250. The predicted molar refractivity (Wildman–Crippen MR) is 95.0 cm³/mol. The molecule has 0 atom stereocenters. The van der Waals surface area contributed by atoms with Gasteiger partial charge in [0.1, 0.15) is 6.61 Å². The van der Waals surface area contributed by atoms with Crippen LogP contribution in [0.3, 0.4) is 0 Å². The number of allylic oxidation sites excluding steroid dienone is 1. The van der Waals surface area contributed by atoms with Crippen LogP contribution in [0.4, 0.5) is 0 Å². The second-order valence-electron chi connectivity index (χ2n) is 5.70. The van der Waals surface area contributed by atoms with Gasteiger partial charge in [-0.1, -0.05) is 42.0 Å². The lowest BCUT2D eigenvalue weighted by molar-refractivity contribution is -0.116. The SMILES string of the molecule is COc1cc(CNC(=O)C=C(C)C)ccc1OCc1ccccc1. The molecule has 1 amide bonds. The van der Waals surface area contributed by atoms with Crippen molar-refractivity contribution in [3.8, 4) is 11.5 Å². The number of ether oxygens (including phenoxy) is 2. The summed E-state index contributed by atoms with van der Waals surface area (Å²) < 4.78 is 11.2. The lowest BCUT2D eigenvalue weighted by Gasteiger charge is -2.12. The molecule has 24 heavy (non-hydrogen) atoms. The Morgan fingerprint density at radius 3 is 2.46 bits per heavy atom. The zero-order valence-corrected chi connectivity index (χ0v) is 14.3. The second-order valence-corrected chi connectivity index (χ2v) is 5.70. The monoisotopic (exact) mass is 325 g/mol. The highest BCUT2D eigenvalue weighted by Crippen LogP contribution is 2.28. The summed E-state index contributed by atoms with van der Waals surface area (Å²) in [4.78, 5) is 11.7. The number of rotatable bonds is 7. The van der Waals surface area contributed by atoms with Gasteiger partial charge in [0.05, 0.1) is 7.11 Å². The van der Waals surface area contributed by atoms with E-state index < -0.39 is 0 Å². The molecule has 0 saturated carbocycles. The number of hydrogen-bond donors (Lipinski definition) is 1. The Kier molecular flexibility index (Phi) is 6.43. The van der Waals surface area contributed by atoms with Gasteiger partial charge in [-0.05, 0) is 37.1 Å². The van der Waals surface area contributed by atoms with Crippen molar-refractivity contribution in [2.45, 2.75) is 27.0 Å². The first-order valence-corrected chi connectivity index (χ1v) is 7.85. The molecule has 0 heterocycles. The topological polar surface area (TPSA) is 47.6 Å². The summed E-state index contributed by atoms with van der Waals surface area (Å²) in [6.45, 7) is 4.70. The van der Waals surface area contributed by atoms with Crippen LogP contribution in [0.5, 0.6) is 11.5 Å². The fourth-order valence-corrected chi connectivity index (χ4v) is 2.18. The van der Waals surface area contributed by atoms with Crippen LogP contribution in [-0.4, -0.2) is 13.0 Å². The van der Waals surface area contributed by atoms with Crippen LogP contribution in [0.2, 0.25) is 0 Å². The van der Waals surface area contributed by atoms with Gasteiger partial charge in [0.2, 0.25) is 5.91 Å². The molecule has 2 rings (SSSR count). The van der Waals surface area contributed by atoms with E-state index in [4.69, 9.17) is 9.47 Å². The summed E-state index contributed by atoms with van der Waals surface area (Å²) in [5, 5.41) is 2.85. The maximum Gasteiger partial charge on any atom is 0.244 e. The molecule has 0 aliphatic carbocycles. The average molecular weight is 325 g/mol. The maximum absolute atomic E-state index is 11.7. The van der Waals surface area contributed by atoms with Crippen molar-refractivity contribution in [3.63, 3.8) is 0 Å². The molecule has 0 radical (unpaired) electrons. The van der Waals surface area contributed by atoms with Gasteiger partial charge in [-0.25, -0.2) is 0 Å². The maximum atomic E-state index is 11.7. The summed E-state index contributed by atoms with van der Waals surface area (Å²) >= 11 is 0. The molecule has 126 valence electrons. The number of carbonyl (C=O) groups is 1. The van der Waals surface area contributed by atoms with E-state index in [1.165, 1.54) is 0 Å². The van der Waals surface area contributed by atoms with Gasteiger partial charge in [0.15, 0.2) is 11.5 Å². The molecule has 4 nitrogen and oxygen atoms in total. The molecule has 4 heteroatoms. The van der Waals surface area contributed by atoms with Gasteiger partial charge in [-0.2, -0.15) is 0 Å². The number of benzene rings is 2. The molecule has 0 aliphatic rings. The number of methoxy groups -OCH3 is 1. The summed E-state index contributed by atoms with van der Waals surface area (Å²) in [6.07, 6.45) is 1.58. The molecule has 2 aromatic rings. The summed E-state index contributed by atoms with van der Waals surface area (Å²) in [5.74, 6) is 1.24. The summed E-state index contributed by atoms with van der Waals surface area (Å²) in [6, 6.07) is 15.6. The fourth-order valence-electron chi connectivity index (χ4n) is 2.18. The summed E-state index contributed by atoms with van der Waals surface area (Å²) in [5.41, 5.74) is 3.02. The van der Waals surface area contributed by atoms with E-state index in [0.717, 1.165) is 16.7 Å². The van der Waals surface area contributed by atoms with Crippen molar-refractivity contribution in [2.24, 2.45) is 0 Å². The van der Waals surface area contributed by atoms with Gasteiger partial charge in [-0.15, -0.1) is 0 Å². The minimum absolute atomic E-state index is 0.0987. The molecule has 0 fully saturated rings.